The maximum absolute atomic E-state index is 12.8. The molecule has 0 spiro atoms. The molecule has 2 aromatic carbocycles. The van der Waals surface area contributed by atoms with E-state index in [4.69, 9.17) is 5.73 Å². The molecule has 2 heterocycles. The Kier molecular flexibility index (Phi) is 6.92. The third-order valence-electron chi connectivity index (χ3n) is 5.84. The van der Waals surface area contributed by atoms with Crippen molar-refractivity contribution in [2.45, 2.75) is 12.5 Å². The lowest BCUT2D eigenvalue weighted by Crippen LogP contribution is -2.50. The van der Waals surface area contributed by atoms with E-state index >= 15 is 0 Å². The van der Waals surface area contributed by atoms with E-state index in [1.165, 1.54) is 17.3 Å². The van der Waals surface area contributed by atoms with Gasteiger partial charge < -0.3 is 10.6 Å². The number of pyridine rings is 1. The molecule has 4 rings (SSSR count). The zero-order chi connectivity index (χ0) is 22.3. The molecule has 2 N–H and O–H groups in total. The van der Waals surface area contributed by atoms with Crippen LogP contribution in [0.5, 0.6) is 0 Å². The second-order valence-electron chi connectivity index (χ2n) is 7.87. The molecule has 1 saturated heterocycles. The van der Waals surface area contributed by atoms with E-state index in [0.717, 1.165) is 13.1 Å². The Morgan fingerprint density at radius 2 is 1.47 bits per heavy atom. The van der Waals surface area contributed by atoms with Crippen molar-refractivity contribution in [3.63, 3.8) is 0 Å². The highest BCUT2D eigenvalue weighted by atomic mass is 16.2. The first kappa shape index (κ1) is 21.7. The van der Waals surface area contributed by atoms with Gasteiger partial charge in [0.15, 0.2) is 0 Å². The Labute approximate surface area is 188 Å². The van der Waals surface area contributed by atoms with Crippen molar-refractivity contribution in [1.82, 2.24) is 14.8 Å². The highest BCUT2D eigenvalue weighted by Gasteiger charge is 2.28. The van der Waals surface area contributed by atoms with Crippen LogP contribution in [0.3, 0.4) is 0 Å². The van der Waals surface area contributed by atoms with Gasteiger partial charge in [0.1, 0.15) is 5.69 Å². The van der Waals surface area contributed by atoms with Crippen LogP contribution in [0.1, 0.15) is 33.2 Å². The second kappa shape index (κ2) is 10.2. The first-order valence-electron chi connectivity index (χ1n) is 10.8. The first-order valence-corrected chi connectivity index (χ1v) is 10.8. The van der Waals surface area contributed by atoms with E-state index in [0.29, 0.717) is 25.1 Å². The number of rotatable bonds is 7. The Bertz CT molecular complexity index is 1010. The molecule has 0 saturated carbocycles. The van der Waals surface area contributed by atoms with Crippen molar-refractivity contribution >= 4 is 11.8 Å². The summed E-state index contributed by atoms with van der Waals surface area (Å²) in [7, 11) is 0. The zero-order valence-corrected chi connectivity index (χ0v) is 17.9. The van der Waals surface area contributed by atoms with E-state index in [1.54, 1.807) is 18.6 Å². The minimum atomic E-state index is -0.581. The van der Waals surface area contributed by atoms with Crippen LogP contribution in [0.25, 0.3) is 0 Å². The average Bonchev–Trinajstić information content (AvgIpc) is 2.84. The van der Waals surface area contributed by atoms with Crippen LogP contribution in [0.2, 0.25) is 0 Å². The molecule has 0 bridgehead atoms. The maximum Gasteiger partial charge on any atom is 0.267 e. The Morgan fingerprint density at radius 1 is 0.875 bits per heavy atom. The SMILES string of the molecule is NC(=O)c1ncccc1C[CH]C(=O)N1CCN(C(c2ccccc2)c2ccccc2)CC1. The number of aromatic nitrogens is 1. The predicted molar refractivity (Wildman–Crippen MR) is 124 cm³/mol. The molecule has 1 aliphatic rings. The molecule has 1 aliphatic heterocycles. The quantitative estimate of drug-likeness (QED) is 0.629. The molecule has 2 amide bonds. The van der Waals surface area contributed by atoms with Crippen LogP contribution in [-0.4, -0.2) is 52.8 Å². The Balaban J connectivity index is 1.39. The van der Waals surface area contributed by atoms with Gasteiger partial charge in [-0.25, -0.2) is 0 Å². The highest BCUT2D eigenvalue weighted by Crippen LogP contribution is 2.29. The summed E-state index contributed by atoms with van der Waals surface area (Å²) in [5.41, 5.74) is 8.77. The van der Waals surface area contributed by atoms with Crippen molar-refractivity contribution in [2.75, 3.05) is 26.2 Å². The minimum Gasteiger partial charge on any atom is -0.364 e. The van der Waals surface area contributed by atoms with Gasteiger partial charge >= 0.3 is 0 Å². The molecular weight excluding hydrogens is 400 g/mol. The van der Waals surface area contributed by atoms with Gasteiger partial charge in [-0.15, -0.1) is 0 Å². The summed E-state index contributed by atoms with van der Waals surface area (Å²) in [4.78, 5) is 32.7. The maximum atomic E-state index is 12.8. The van der Waals surface area contributed by atoms with Gasteiger partial charge in [-0.1, -0.05) is 66.7 Å². The van der Waals surface area contributed by atoms with Crippen LogP contribution >= 0.6 is 0 Å². The number of carbonyl (C=O) groups excluding carboxylic acids is 2. The summed E-state index contributed by atoms with van der Waals surface area (Å²) in [6, 6.07) is 24.7. The van der Waals surface area contributed by atoms with Gasteiger partial charge in [0, 0.05) is 32.4 Å². The smallest absolute Gasteiger partial charge is 0.267 e. The number of piperazine rings is 1. The Morgan fingerprint density at radius 3 is 2.03 bits per heavy atom. The van der Waals surface area contributed by atoms with Crippen molar-refractivity contribution in [2.24, 2.45) is 5.73 Å². The zero-order valence-electron chi connectivity index (χ0n) is 17.9. The molecule has 32 heavy (non-hydrogen) atoms. The van der Waals surface area contributed by atoms with Crippen LogP contribution < -0.4 is 5.73 Å². The molecule has 1 aromatic heterocycles. The van der Waals surface area contributed by atoms with Crippen molar-refractivity contribution in [3.05, 3.63) is 108 Å². The second-order valence-corrected chi connectivity index (χ2v) is 7.87. The van der Waals surface area contributed by atoms with Crippen LogP contribution in [0.4, 0.5) is 0 Å². The molecule has 0 atom stereocenters. The lowest BCUT2D eigenvalue weighted by Gasteiger charge is -2.39. The fraction of sp³-hybridized carbons (Fsp3) is 0.231. The summed E-state index contributed by atoms with van der Waals surface area (Å²) in [5.74, 6) is -0.608. The molecule has 1 fully saturated rings. The number of carbonyl (C=O) groups is 2. The normalized spacial score (nSPS) is 14.5. The van der Waals surface area contributed by atoms with Crippen molar-refractivity contribution in [1.29, 1.82) is 0 Å². The van der Waals surface area contributed by atoms with E-state index in [-0.39, 0.29) is 17.6 Å². The summed E-state index contributed by atoms with van der Waals surface area (Å²) in [6.45, 7) is 2.88. The lowest BCUT2D eigenvalue weighted by atomic mass is 9.96. The molecule has 163 valence electrons. The number of nitrogens with two attached hydrogens (primary N) is 1. The van der Waals surface area contributed by atoms with E-state index < -0.39 is 5.91 Å². The fourth-order valence-electron chi connectivity index (χ4n) is 4.24. The topological polar surface area (TPSA) is 79.5 Å². The van der Waals surface area contributed by atoms with Crippen LogP contribution in [0, 0.1) is 6.42 Å². The fourth-order valence-corrected chi connectivity index (χ4v) is 4.24. The van der Waals surface area contributed by atoms with Crippen molar-refractivity contribution < 1.29 is 9.59 Å². The van der Waals surface area contributed by atoms with Gasteiger partial charge in [-0.2, -0.15) is 0 Å². The number of nitrogens with zero attached hydrogens (tertiary/aromatic N) is 3. The summed E-state index contributed by atoms with van der Waals surface area (Å²) in [6.07, 6.45) is 3.48. The molecule has 3 aromatic rings. The Hall–Kier alpha value is -3.51. The standard InChI is InChI=1S/C26H27N4O2/c27-26(32)24-20(12-7-15-28-24)13-14-23(31)29-16-18-30(19-17-29)25(21-8-3-1-4-9-21)22-10-5-2-6-11-22/h1-12,14-15,25H,13,16-19H2,(H2,27,32). The molecule has 0 aliphatic carbocycles. The van der Waals surface area contributed by atoms with Gasteiger partial charge in [0.05, 0.1) is 12.5 Å². The van der Waals surface area contributed by atoms with Gasteiger partial charge in [-0.3, -0.25) is 19.5 Å². The largest absolute Gasteiger partial charge is 0.364 e. The van der Waals surface area contributed by atoms with E-state index in [1.807, 2.05) is 17.0 Å². The number of amides is 2. The third kappa shape index (κ3) is 5.03. The molecule has 0 unspecified atom stereocenters. The van der Waals surface area contributed by atoms with Gasteiger partial charge in [-0.05, 0) is 29.2 Å². The van der Waals surface area contributed by atoms with E-state index in [2.05, 4.69) is 58.4 Å². The molecule has 1 radical (unpaired) electrons. The van der Waals surface area contributed by atoms with Gasteiger partial charge in [0.2, 0.25) is 5.91 Å². The van der Waals surface area contributed by atoms with Gasteiger partial charge in [0.25, 0.3) is 5.91 Å². The minimum absolute atomic E-state index is 0.0279. The third-order valence-corrected chi connectivity index (χ3v) is 5.84. The predicted octanol–water partition coefficient (Wildman–Crippen LogP) is 2.86. The number of hydrogen-bond donors (Lipinski definition) is 1. The summed E-state index contributed by atoms with van der Waals surface area (Å²) < 4.78 is 0. The number of primary amides is 1. The van der Waals surface area contributed by atoms with E-state index in [9.17, 15) is 9.59 Å². The molecule has 6 heteroatoms. The van der Waals surface area contributed by atoms with Crippen molar-refractivity contribution in [3.8, 4) is 0 Å². The monoisotopic (exact) mass is 427 g/mol. The number of benzene rings is 2. The number of hydrogen-bond acceptors (Lipinski definition) is 4. The molecular formula is C26H27N4O2. The first-order chi connectivity index (χ1) is 15.6. The molecule has 6 nitrogen and oxygen atoms in total. The van der Waals surface area contributed by atoms with Crippen LogP contribution in [0.15, 0.2) is 79.0 Å². The summed E-state index contributed by atoms with van der Waals surface area (Å²) >= 11 is 0. The van der Waals surface area contributed by atoms with Crippen LogP contribution in [-0.2, 0) is 11.2 Å². The average molecular weight is 428 g/mol. The summed E-state index contributed by atoms with van der Waals surface area (Å²) in [5, 5.41) is 0. The highest BCUT2D eigenvalue weighted by molar-refractivity contribution is 5.93. The lowest BCUT2D eigenvalue weighted by molar-refractivity contribution is -0.129.